The van der Waals surface area contributed by atoms with Crippen LogP contribution < -0.4 is 5.32 Å². The molecule has 12 nitrogen and oxygen atoms in total. The molecule has 0 saturated carbocycles. The lowest BCUT2D eigenvalue weighted by atomic mass is 9.71. The van der Waals surface area contributed by atoms with E-state index in [1.165, 1.54) is 4.90 Å². The number of anilines is 1. The van der Waals surface area contributed by atoms with Gasteiger partial charge in [0.1, 0.15) is 17.2 Å². The molecule has 3 aromatic rings. The molecule has 2 N–H and O–H groups in total. The first-order chi connectivity index (χ1) is 23.5. The summed E-state index contributed by atoms with van der Waals surface area (Å²) in [4.78, 5) is 51.7. The second kappa shape index (κ2) is 15.0. The summed E-state index contributed by atoms with van der Waals surface area (Å²) >= 11 is 6.89. The van der Waals surface area contributed by atoms with E-state index in [1.54, 1.807) is 32.7 Å². The number of aromatic nitrogens is 3. The number of pyridine rings is 1. The van der Waals surface area contributed by atoms with Crippen LogP contribution in [0.4, 0.5) is 15.4 Å². The van der Waals surface area contributed by atoms with Gasteiger partial charge in [0.15, 0.2) is 5.54 Å². The maximum atomic E-state index is 13.4. The van der Waals surface area contributed by atoms with Gasteiger partial charge >= 0.3 is 18.2 Å². The van der Waals surface area contributed by atoms with Crippen LogP contribution in [0.2, 0.25) is 30.7 Å². The van der Waals surface area contributed by atoms with Crippen LogP contribution in [0.1, 0.15) is 60.2 Å². The van der Waals surface area contributed by atoms with Gasteiger partial charge in [0.25, 0.3) is 0 Å². The summed E-state index contributed by atoms with van der Waals surface area (Å²) in [5, 5.41) is 14.5. The summed E-state index contributed by atoms with van der Waals surface area (Å²) in [6.07, 6.45) is -0.170. The smallest absolute Gasteiger partial charge is 0.411 e. The Morgan fingerprint density at radius 3 is 2.39 bits per heavy atom. The molecule has 0 aliphatic carbocycles. The highest BCUT2D eigenvalue weighted by atomic mass is 35.5. The fourth-order valence-corrected chi connectivity index (χ4v) is 7.56. The van der Waals surface area contributed by atoms with Crippen molar-refractivity contribution in [2.24, 2.45) is 5.41 Å². The molecule has 1 aliphatic heterocycles. The minimum Gasteiger partial charge on any atom is -0.479 e. The normalized spacial score (nSPS) is 18.2. The molecule has 0 bridgehead atoms. The van der Waals surface area contributed by atoms with Crippen LogP contribution in [-0.2, 0) is 20.8 Å². The Morgan fingerprint density at radius 2 is 1.78 bits per heavy atom. The minimum absolute atomic E-state index is 0.118. The van der Waals surface area contributed by atoms with E-state index in [0.29, 0.717) is 48.2 Å². The summed E-state index contributed by atoms with van der Waals surface area (Å²) in [6, 6.07) is 9.75. The molecule has 51 heavy (non-hydrogen) atoms. The molecule has 2 atom stereocenters. The van der Waals surface area contributed by atoms with Gasteiger partial charge in [-0.25, -0.2) is 24.4 Å². The summed E-state index contributed by atoms with van der Waals surface area (Å²) in [6.45, 7) is 21.1. The molecule has 3 heterocycles. The third-order valence-corrected chi connectivity index (χ3v) is 11.3. The molecule has 4 rings (SSSR count). The number of hydrogen-bond donors (Lipinski definition) is 2. The van der Waals surface area contributed by atoms with Crippen molar-refractivity contribution in [3.05, 3.63) is 41.2 Å². The Kier molecular flexibility index (Phi) is 11.8. The standard InChI is InChI=1S/C37H55ClN6O6Si/c1-24-39-28-17-16-26(38)30(31(28)43(24)19-13-18-42(8)33(47)49-20-21-51(9,10)11)27-14-12-15-29(41-27)40-25-22-37(32(45)46,35(2,3)4)44(23-25)34(48)50-36(5,6)7/h12,14-17,25H,13,18-23H2,1-11H3,(H,40,41)(H,45,46)/t25-,37+/m0/s1. The van der Waals surface area contributed by atoms with Crippen LogP contribution >= 0.6 is 11.6 Å². The number of carboxylic acids is 1. The maximum absolute atomic E-state index is 13.4. The highest BCUT2D eigenvalue weighted by Gasteiger charge is 2.61. The van der Waals surface area contributed by atoms with Gasteiger partial charge in [-0.2, -0.15) is 0 Å². The van der Waals surface area contributed by atoms with Crippen LogP contribution in [-0.4, -0.2) is 99.6 Å². The van der Waals surface area contributed by atoms with Crippen LogP contribution in [0.15, 0.2) is 30.3 Å². The van der Waals surface area contributed by atoms with Gasteiger partial charge in [-0.05, 0) is 69.8 Å². The molecule has 14 heteroatoms. The zero-order valence-electron chi connectivity index (χ0n) is 32.0. The summed E-state index contributed by atoms with van der Waals surface area (Å²) in [5.74, 6) is 0.240. The van der Waals surface area contributed by atoms with Crippen molar-refractivity contribution in [2.45, 2.75) is 111 Å². The number of nitrogens with zero attached hydrogens (tertiary/aromatic N) is 5. The predicted octanol–water partition coefficient (Wildman–Crippen LogP) is 8.15. The number of carboxylic acid groups (broad SMARTS) is 1. The molecule has 0 radical (unpaired) electrons. The molecule has 1 fully saturated rings. The monoisotopic (exact) mass is 742 g/mol. The van der Waals surface area contributed by atoms with Crippen molar-refractivity contribution in [3.63, 3.8) is 0 Å². The van der Waals surface area contributed by atoms with Crippen LogP contribution in [0.25, 0.3) is 22.3 Å². The van der Waals surface area contributed by atoms with Crippen LogP contribution in [0.3, 0.4) is 0 Å². The third kappa shape index (κ3) is 9.15. The number of imidazole rings is 1. The molecule has 2 aromatic heterocycles. The molecule has 280 valence electrons. The first-order valence-corrected chi connectivity index (χ1v) is 21.6. The lowest BCUT2D eigenvalue weighted by Crippen LogP contribution is -2.61. The topological polar surface area (TPSA) is 139 Å². The summed E-state index contributed by atoms with van der Waals surface area (Å²) in [7, 11) is 0.448. The number of fused-ring (bicyclic) bond motifs is 1. The predicted molar refractivity (Wildman–Crippen MR) is 204 cm³/mol. The number of amides is 2. The SMILES string of the molecule is Cc1nc2ccc(Cl)c(-c3cccc(N[C@@H]4CN(C(=O)OC(C)(C)C)[C@](C(=O)O)(C(C)(C)C)C4)n3)c2n1CCCN(C)C(=O)OCC[Si](C)(C)C. The third-order valence-electron chi connectivity index (χ3n) is 9.28. The second-order valence-electron chi connectivity index (χ2n) is 16.8. The average Bonchev–Trinajstić information content (AvgIpc) is 3.54. The van der Waals surface area contributed by atoms with E-state index < -0.39 is 42.7 Å². The number of likely N-dealkylation sites (tertiary alicyclic amines) is 1. The highest BCUT2D eigenvalue weighted by Crippen LogP contribution is 2.45. The zero-order chi connectivity index (χ0) is 38.1. The highest BCUT2D eigenvalue weighted by molar-refractivity contribution is 6.76. The molecule has 0 spiro atoms. The number of aryl methyl sites for hydroxylation is 2. The quantitative estimate of drug-likeness (QED) is 0.186. The molecule has 1 aromatic carbocycles. The Bertz CT molecular complexity index is 1760. The molecular weight excluding hydrogens is 688 g/mol. The van der Waals surface area contributed by atoms with Gasteiger partial charge in [-0.1, -0.05) is 58.1 Å². The molecule has 1 saturated heterocycles. The zero-order valence-corrected chi connectivity index (χ0v) is 33.8. The molecular formula is C37H55ClN6O6Si. The lowest BCUT2D eigenvalue weighted by Gasteiger charge is -2.44. The number of rotatable bonds is 11. The summed E-state index contributed by atoms with van der Waals surface area (Å²) < 4.78 is 13.3. The van der Waals surface area contributed by atoms with Gasteiger partial charge in [0.2, 0.25) is 0 Å². The van der Waals surface area contributed by atoms with E-state index in [9.17, 15) is 19.5 Å². The Labute approximate surface area is 307 Å². The van der Waals surface area contributed by atoms with Crippen molar-refractivity contribution >= 4 is 54.7 Å². The molecule has 2 amide bonds. The number of carbonyl (C=O) groups is 3. The number of ether oxygens (including phenoxy) is 2. The van der Waals surface area contributed by atoms with E-state index in [-0.39, 0.29) is 19.1 Å². The summed E-state index contributed by atoms with van der Waals surface area (Å²) in [5.41, 5.74) is -0.172. The average molecular weight is 743 g/mol. The first-order valence-electron chi connectivity index (χ1n) is 17.6. The van der Waals surface area contributed by atoms with E-state index >= 15 is 0 Å². The van der Waals surface area contributed by atoms with Gasteiger partial charge in [0.05, 0.1) is 28.4 Å². The van der Waals surface area contributed by atoms with Crippen molar-refractivity contribution in [3.8, 4) is 11.3 Å². The van der Waals surface area contributed by atoms with Crippen molar-refractivity contribution < 1.29 is 29.0 Å². The van der Waals surface area contributed by atoms with Gasteiger partial charge in [-0.15, -0.1) is 0 Å². The number of hydrogen-bond acceptors (Lipinski definition) is 8. The largest absolute Gasteiger partial charge is 0.479 e. The van der Waals surface area contributed by atoms with E-state index in [0.717, 1.165) is 22.9 Å². The molecule has 0 unspecified atom stereocenters. The van der Waals surface area contributed by atoms with Crippen molar-refractivity contribution in [1.29, 1.82) is 0 Å². The first kappa shape index (κ1) is 39.9. The Balaban J connectivity index is 1.59. The van der Waals surface area contributed by atoms with Crippen LogP contribution in [0.5, 0.6) is 0 Å². The number of nitrogens with one attached hydrogen (secondary N) is 1. The van der Waals surface area contributed by atoms with E-state index in [4.69, 9.17) is 31.0 Å². The van der Waals surface area contributed by atoms with Crippen molar-refractivity contribution in [2.75, 3.05) is 32.1 Å². The van der Waals surface area contributed by atoms with Gasteiger partial charge in [-0.3, -0.25) is 4.90 Å². The maximum Gasteiger partial charge on any atom is 0.411 e. The van der Waals surface area contributed by atoms with Crippen LogP contribution in [0, 0.1) is 12.3 Å². The minimum atomic E-state index is -1.51. The van der Waals surface area contributed by atoms with E-state index in [2.05, 4.69) is 29.5 Å². The number of benzene rings is 1. The lowest BCUT2D eigenvalue weighted by molar-refractivity contribution is -0.156. The Hall–Kier alpha value is -3.84. The number of carbonyl (C=O) groups excluding carboxylic acids is 2. The van der Waals surface area contributed by atoms with Gasteiger partial charge < -0.3 is 29.4 Å². The fourth-order valence-electron chi connectivity index (χ4n) is 6.59. The van der Waals surface area contributed by atoms with Gasteiger partial charge in [0, 0.05) is 52.8 Å². The molecule has 1 aliphatic rings. The van der Waals surface area contributed by atoms with Crippen molar-refractivity contribution in [1.82, 2.24) is 24.3 Å². The second-order valence-corrected chi connectivity index (χ2v) is 22.8. The number of halogens is 1. The van der Waals surface area contributed by atoms with E-state index in [1.807, 2.05) is 58.0 Å². The fraction of sp³-hybridized carbons (Fsp3) is 0.595. The Morgan fingerprint density at radius 1 is 1.10 bits per heavy atom. The number of aliphatic carboxylic acids is 1.